The number of nitrogens with two attached hydrogens (primary N) is 1. The maximum absolute atomic E-state index is 12.3. The van der Waals surface area contributed by atoms with Gasteiger partial charge in [-0.1, -0.05) is 13.0 Å². The molecule has 0 aliphatic carbocycles. The molecule has 1 amide bonds. The molecular formula is C14H23ClN2O3S. The van der Waals surface area contributed by atoms with E-state index in [4.69, 9.17) is 10.5 Å². The van der Waals surface area contributed by atoms with Crippen LogP contribution >= 0.6 is 23.7 Å². The van der Waals surface area contributed by atoms with E-state index in [1.165, 1.54) is 11.3 Å². The fraction of sp³-hybridized carbons (Fsp3) is 0.643. The number of rotatable bonds is 5. The first-order valence-corrected chi connectivity index (χ1v) is 7.86. The van der Waals surface area contributed by atoms with E-state index in [-0.39, 0.29) is 24.4 Å². The lowest BCUT2D eigenvalue weighted by molar-refractivity contribution is -0.142. The number of nitrogens with zero attached hydrogens (tertiary/aromatic N) is 1. The third-order valence-corrected chi connectivity index (χ3v) is 4.61. The molecule has 1 aromatic rings. The average Bonchev–Trinajstić information content (AvgIpc) is 3.00. The van der Waals surface area contributed by atoms with Gasteiger partial charge >= 0.3 is 0 Å². The van der Waals surface area contributed by atoms with Crippen molar-refractivity contribution in [3.8, 4) is 0 Å². The van der Waals surface area contributed by atoms with Crippen molar-refractivity contribution in [1.29, 1.82) is 0 Å². The summed E-state index contributed by atoms with van der Waals surface area (Å²) in [6.07, 6.45) is 0.550. The summed E-state index contributed by atoms with van der Waals surface area (Å²) in [6, 6.07) is 3.25. The van der Waals surface area contributed by atoms with E-state index in [1.807, 2.05) is 24.4 Å². The van der Waals surface area contributed by atoms with Crippen LogP contribution in [-0.2, 0) is 9.53 Å². The van der Waals surface area contributed by atoms with Crippen LogP contribution in [0.2, 0.25) is 0 Å². The second kappa shape index (κ2) is 8.70. The summed E-state index contributed by atoms with van der Waals surface area (Å²) in [5.74, 6) is -0.0424. The second-order valence-electron chi connectivity index (χ2n) is 5.04. The molecule has 21 heavy (non-hydrogen) atoms. The number of hydrogen-bond donors (Lipinski definition) is 2. The predicted molar refractivity (Wildman–Crippen MR) is 85.7 cm³/mol. The van der Waals surface area contributed by atoms with E-state index < -0.39 is 12.1 Å². The van der Waals surface area contributed by atoms with Gasteiger partial charge in [0.2, 0.25) is 5.91 Å². The lowest BCUT2D eigenvalue weighted by Gasteiger charge is -2.37. The number of halogens is 1. The number of carbonyl (C=O) groups is 1. The Balaban J connectivity index is 0.00000220. The minimum Gasteiger partial charge on any atom is -0.387 e. The number of carbonyl (C=O) groups excluding carboxylic acids is 1. The van der Waals surface area contributed by atoms with Gasteiger partial charge in [0.05, 0.1) is 31.4 Å². The molecule has 1 aliphatic heterocycles. The first-order valence-electron chi connectivity index (χ1n) is 6.98. The molecule has 0 spiro atoms. The highest BCUT2D eigenvalue weighted by molar-refractivity contribution is 7.10. The van der Waals surface area contributed by atoms with Crippen molar-refractivity contribution >= 4 is 29.7 Å². The number of thiophene rings is 1. The number of aliphatic hydroxyl groups is 1. The van der Waals surface area contributed by atoms with E-state index in [0.29, 0.717) is 32.6 Å². The maximum atomic E-state index is 12.3. The first kappa shape index (κ1) is 18.4. The summed E-state index contributed by atoms with van der Waals surface area (Å²) in [7, 11) is 0. The number of amides is 1. The largest absolute Gasteiger partial charge is 0.387 e. The van der Waals surface area contributed by atoms with Crippen LogP contribution in [0, 0.1) is 0 Å². The zero-order valence-electron chi connectivity index (χ0n) is 12.1. The molecular weight excluding hydrogens is 312 g/mol. The zero-order valence-corrected chi connectivity index (χ0v) is 13.7. The van der Waals surface area contributed by atoms with Crippen LogP contribution in [0.4, 0.5) is 0 Å². The SMILES string of the molecule is CC[C@H](N)C(=O)N1CCOCC1CC(O)c1cccs1.Cl. The van der Waals surface area contributed by atoms with Crippen LogP contribution in [0.3, 0.4) is 0 Å². The topological polar surface area (TPSA) is 75.8 Å². The zero-order chi connectivity index (χ0) is 14.5. The summed E-state index contributed by atoms with van der Waals surface area (Å²) in [4.78, 5) is 15.0. The molecule has 0 bridgehead atoms. The quantitative estimate of drug-likeness (QED) is 0.856. The Kier molecular flexibility index (Phi) is 7.62. The van der Waals surface area contributed by atoms with Crippen molar-refractivity contribution in [2.45, 2.75) is 38.0 Å². The van der Waals surface area contributed by atoms with Gasteiger partial charge in [-0.15, -0.1) is 23.7 Å². The Morgan fingerprint density at radius 3 is 3.05 bits per heavy atom. The summed E-state index contributed by atoms with van der Waals surface area (Å²) in [5, 5.41) is 12.2. The summed E-state index contributed by atoms with van der Waals surface area (Å²) < 4.78 is 5.45. The molecule has 2 unspecified atom stereocenters. The van der Waals surface area contributed by atoms with Crippen molar-refractivity contribution in [3.05, 3.63) is 22.4 Å². The molecule has 0 aromatic carbocycles. The van der Waals surface area contributed by atoms with Crippen LogP contribution in [0.25, 0.3) is 0 Å². The standard InChI is InChI=1S/C14H22N2O3S.ClH/c1-2-11(15)14(18)16-5-6-19-9-10(16)8-12(17)13-4-3-7-20-13;/h3-4,7,10-12,17H,2,5-6,8-9,15H2,1H3;1H/t10?,11-,12?;/m0./s1. The van der Waals surface area contributed by atoms with Gasteiger partial charge in [-0.2, -0.15) is 0 Å². The van der Waals surface area contributed by atoms with E-state index in [2.05, 4.69) is 0 Å². The Hall–Kier alpha value is -0.660. The van der Waals surface area contributed by atoms with Gasteiger partial charge in [0.15, 0.2) is 0 Å². The summed E-state index contributed by atoms with van der Waals surface area (Å²) >= 11 is 1.52. The first-order chi connectivity index (χ1) is 9.63. The number of ether oxygens (including phenoxy) is 1. The summed E-state index contributed by atoms with van der Waals surface area (Å²) in [5.41, 5.74) is 5.84. The molecule has 1 aromatic heterocycles. The molecule has 2 heterocycles. The molecule has 120 valence electrons. The number of aliphatic hydroxyl groups excluding tert-OH is 1. The van der Waals surface area contributed by atoms with Crippen molar-refractivity contribution in [1.82, 2.24) is 4.90 Å². The van der Waals surface area contributed by atoms with Crippen molar-refractivity contribution in [2.24, 2.45) is 5.73 Å². The average molecular weight is 335 g/mol. The highest BCUT2D eigenvalue weighted by atomic mass is 35.5. The smallest absolute Gasteiger partial charge is 0.239 e. The van der Waals surface area contributed by atoms with Crippen LogP contribution in [0.5, 0.6) is 0 Å². The fourth-order valence-electron chi connectivity index (χ4n) is 2.38. The van der Waals surface area contributed by atoms with E-state index in [1.54, 1.807) is 4.90 Å². The summed E-state index contributed by atoms with van der Waals surface area (Å²) in [6.45, 7) is 3.45. The fourth-order valence-corrected chi connectivity index (χ4v) is 3.11. The van der Waals surface area contributed by atoms with Gasteiger partial charge in [0.25, 0.3) is 0 Å². The van der Waals surface area contributed by atoms with E-state index in [9.17, 15) is 9.90 Å². The molecule has 0 saturated carbocycles. The molecule has 2 rings (SSSR count). The normalized spacial score (nSPS) is 21.5. The van der Waals surface area contributed by atoms with Crippen molar-refractivity contribution < 1.29 is 14.6 Å². The minimum absolute atomic E-state index is 0. The van der Waals surface area contributed by atoms with Gasteiger partial charge in [-0.05, 0) is 17.9 Å². The van der Waals surface area contributed by atoms with E-state index >= 15 is 0 Å². The Morgan fingerprint density at radius 1 is 1.67 bits per heavy atom. The molecule has 0 radical (unpaired) electrons. The van der Waals surface area contributed by atoms with Gasteiger partial charge < -0.3 is 20.5 Å². The lowest BCUT2D eigenvalue weighted by atomic mass is 10.0. The van der Waals surface area contributed by atoms with Gasteiger partial charge in [0.1, 0.15) is 0 Å². The maximum Gasteiger partial charge on any atom is 0.239 e. The third kappa shape index (κ3) is 4.66. The Morgan fingerprint density at radius 2 is 2.43 bits per heavy atom. The molecule has 1 fully saturated rings. The van der Waals surface area contributed by atoms with Gasteiger partial charge in [0, 0.05) is 17.8 Å². The van der Waals surface area contributed by atoms with Crippen molar-refractivity contribution in [2.75, 3.05) is 19.8 Å². The molecule has 7 heteroatoms. The predicted octanol–water partition coefficient (Wildman–Crippen LogP) is 1.56. The molecule has 3 atom stereocenters. The molecule has 5 nitrogen and oxygen atoms in total. The van der Waals surface area contributed by atoms with Crippen LogP contribution in [0.15, 0.2) is 17.5 Å². The highest BCUT2D eigenvalue weighted by Crippen LogP contribution is 2.26. The number of hydrogen-bond acceptors (Lipinski definition) is 5. The van der Waals surface area contributed by atoms with Crippen LogP contribution in [0.1, 0.15) is 30.7 Å². The van der Waals surface area contributed by atoms with Gasteiger partial charge in [-0.25, -0.2) is 0 Å². The third-order valence-electron chi connectivity index (χ3n) is 3.63. The second-order valence-corrected chi connectivity index (χ2v) is 6.02. The van der Waals surface area contributed by atoms with Gasteiger partial charge in [-0.3, -0.25) is 4.79 Å². The minimum atomic E-state index is -0.560. The van der Waals surface area contributed by atoms with Crippen molar-refractivity contribution in [3.63, 3.8) is 0 Å². The molecule has 1 saturated heterocycles. The van der Waals surface area contributed by atoms with Crippen LogP contribution < -0.4 is 5.73 Å². The van der Waals surface area contributed by atoms with E-state index in [0.717, 1.165) is 4.88 Å². The Labute approximate surface area is 135 Å². The highest BCUT2D eigenvalue weighted by Gasteiger charge is 2.31. The lowest BCUT2D eigenvalue weighted by Crippen LogP contribution is -2.54. The molecule has 1 aliphatic rings. The molecule has 3 N–H and O–H groups in total. The monoisotopic (exact) mass is 334 g/mol. The Bertz CT molecular complexity index is 430. The van der Waals surface area contributed by atoms with Crippen LogP contribution in [-0.4, -0.2) is 47.8 Å². The number of morpholine rings is 1.